The average molecular weight is 380 g/mol. The van der Waals surface area contributed by atoms with Crippen molar-refractivity contribution in [3.05, 3.63) is 24.0 Å². The van der Waals surface area contributed by atoms with Crippen LogP contribution in [0.25, 0.3) is 0 Å². The molecule has 0 atom stereocenters. The van der Waals surface area contributed by atoms with E-state index >= 15 is 0 Å². The molecule has 9 nitrogen and oxygen atoms in total. The lowest BCUT2D eigenvalue weighted by Gasteiger charge is -2.27. The topological polar surface area (TPSA) is 125 Å². The molecule has 1 saturated heterocycles. The van der Waals surface area contributed by atoms with Crippen LogP contribution >= 0.6 is 0 Å². The molecular formula is C12H17FN4O5S2. The number of anilines is 1. The summed E-state index contributed by atoms with van der Waals surface area (Å²) in [6.07, 6.45) is 0.556. The number of carbonyl (C=O) groups excluding carboxylic acids is 1. The molecule has 12 heteroatoms. The Hall–Kier alpha value is -1.92. The van der Waals surface area contributed by atoms with E-state index in [2.05, 4.69) is 10.1 Å². The fraction of sp³-hybridized carbons (Fsp3) is 0.417. The van der Waals surface area contributed by atoms with Gasteiger partial charge < -0.3 is 5.32 Å². The van der Waals surface area contributed by atoms with Crippen molar-refractivity contribution in [2.75, 3.05) is 23.6 Å². The van der Waals surface area contributed by atoms with Crippen LogP contribution in [-0.2, 0) is 20.0 Å². The van der Waals surface area contributed by atoms with Crippen molar-refractivity contribution in [2.45, 2.75) is 18.2 Å². The molecule has 3 N–H and O–H groups in total. The molecular weight excluding hydrogens is 363 g/mol. The molecule has 1 aliphatic heterocycles. The highest BCUT2D eigenvalue weighted by molar-refractivity contribution is 7.92. The number of nitrogens with zero attached hydrogens (tertiary/aromatic N) is 1. The third-order valence-corrected chi connectivity index (χ3v) is 5.83. The molecule has 0 spiro atoms. The van der Waals surface area contributed by atoms with E-state index in [0.717, 1.165) is 17.1 Å². The maximum absolute atomic E-state index is 14.0. The number of sulfonamides is 2. The van der Waals surface area contributed by atoms with E-state index in [1.807, 2.05) is 4.72 Å². The third-order valence-electron chi connectivity index (χ3n) is 3.21. The van der Waals surface area contributed by atoms with Gasteiger partial charge in [0, 0.05) is 13.1 Å². The Morgan fingerprint density at radius 2 is 2.00 bits per heavy atom. The normalized spacial score (nSPS) is 15.9. The minimum Gasteiger partial charge on any atom is -0.337 e. The van der Waals surface area contributed by atoms with E-state index < -0.39 is 36.8 Å². The van der Waals surface area contributed by atoms with Gasteiger partial charge in [0.15, 0.2) is 0 Å². The number of benzene rings is 1. The second-order valence-electron chi connectivity index (χ2n) is 4.98. The summed E-state index contributed by atoms with van der Waals surface area (Å²) in [5, 5.41) is 3.35. The number of carbonyl (C=O) groups is 1. The quantitative estimate of drug-likeness (QED) is 0.650. The Kier molecular flexibility index (Phi) is 5.30. The zero-order chi connectivity index (χ0) is 18.0. The van der Waals surface area contributed by atoms with Gasteiger partial charge in [-0.2, -0.15) is 0 Å². The van der Waals surface area contributed by atoms with Gasteiger partial charge in [-0.05, 0) is 31.5 Å². The zero-order valence-corrected chi connectivity index (χ0v) is 14.4. The minimum atomic E-state index is -4.18. The third kappa shape index (κ3) is 4.33. The maximum Gasteiger partial charge on any atom is 0.332 e. The first-order valence-corrected chi connectivity index (χ1v) is 10.2. The van der Waals surface area contributed by atoms with Gasteiger partial charge in [0.2, 0.25) is 10.0 Å². The number of halogens is 1. The van der Waals surface area contributed by atoms with Crippen molar-refractivity contribution in [1.29, 1.82) is 0 Å². The van der Waals surface area contributed by atoms with E-state index in [0.29, 0.717) is 19.0 Å². The molecule has 1 heterocycles. The molecule has 134 valence electrons. The highest BCUT2D eigenvalue weighted by atomic mass is 32.2. The Morgan fingerprint density at radius 1 is 1.29 bits per heavy atom. The maximum atomic E-state index is 14.0. The smallest absolute Gasteiger partial charge is 0.332 e. The number of amides is 2. The molecule has 0 unspecified atom stereocenters. The van der Waals surface area contributed by atoms with Gasteiger partial charge in [0.05, 0.1) is 16.3 Å². The van der Waals surface area contributed by atoms with Crippen molar-refractivity contribution in [3.63, 3.8) is 0 Å². The van der Waals surface area contributed by atoms with Crippen LogP contribution in [0.15, 0.2) is 23.1 Å². The summed E-state index contributed by atoms with van der Waals surface area (Å²) in [5.41, 5.74) is -0.355. The Labute approximate surface area is 139 Å². The van der Waals surface area contributed by atoms with Gasteiger partial charge in [-0.25, -0.2) is 31.0 Å². The molecule has 0 aromatic heterocycles. The SMILES string of the molecule is CCS(=O)(=O)Nc1ccc(S(=O)(=O)NN2CCCNC2=O)cc1F. The van der Waals surface area contributed by atoms with Gasteiger partial charge >= 0.3 is 6.03 Å². The average Bonchev–Trinajstić information content (AvgIpc) is 2.51. The molecule has 1 aromatic rings. The first-order valence-electron chi connectivity index (χ1n) is 7.02. The van der Waals surface area contributed by atoms with E-state index in [1.165, 1.54) is 6.92 Å². The molecule has 1 aliphatic rings. The summed E-state index contributed by atoms with van der Waals surface area (Å²) in [5.74, 6) is -1.30. The summed E-state index contributed by atoms with van der Waals surface area (Å²) in [7, 11) is -7.87. The fourth-order valence-corrected chi connectivity index (χ4v) is 3.62. The van der Waals surface area contributed by atoms with Crippen molar-refractivity contribution in [2.24, 2.45) is 0 Å². The lowest BCUT2D eigenvalue weighted by atomic mass is 10.3. The second-order valence-corrected chi connectivity index (χ2v) is 8.65. The van der Waals surface area contributed by atoms with Gasteiger partial charge in [-0.3, -0.25) is 4.72 Å². The van der Waals surface area contributed by atoms with Crippen LogP contribution in [-0.4, -0.2) is 46.7 Å². The molecule has 2 amide bonds. The van der Waals surface area contributed by atoms with Crippen LogP contribution in [0.2, 0.25) is 0 Å². The van der Waals surface area contributed by atoms with Crippen molar-refractivity contribution < 1.29 is 26.0 Å². The van der Waals surface area contributed by atoms with Crippen molar-refractivity contribution in [3.8, 4) is 0 Å². The summed E-state index contributed by atoms with van der Waals surface area (Å²) < 4.78 is 63.3. The molecule has 1 fully saturated rings. The number of hydrogen-bond acceptors (Lipinski definition) is 5. The fourth-order valence-electron chi connectivity index (χ4n) is 1.90. The highest BCUT2D eigenvalue weighted by Crippen LogP contribution is 2.20. The Bertz CT molecular complexity index is 841. The van der Waals surface area contributed by atoms with Crippen LogP contribution < -0.4 is 14.9 Å². The first kappa shape index (κ1) is 18.4. The van der Waals surface area contributed by atoms with Crippen LogP contribution in [0.3, 0.4) is 0 Å². The van der Waals surface area contributed by atoms with Crippen LogP contribution in [0, 0.1) is 5.82 Å². The van der Waals surface area contributed by atoms with Crippen molar-refractivity contribution >= 4 is 31.8 Å². The van der Waals surface area contributed by atoms with Gasteiger partial charge in [-0.1, -0.05) is 0 Å². The second kappa shape index (κ2) is 6.91. The molecule has 24 heavy (non-hydrogen) atoms. The molecule has 2 rings (SSSR count). The zero-order valence-electron chi connectivity index (χ0n) is 12.7. The Morgan fingerprint density at radius 3 is 2.58 bits per heavy atom. The molecule has 0 radical (unpaired) electrons. The van der Waals surface area contributed by atoms with Gasteiger partial charge in [0.25, 0.3) is 10.0 Å². The number of urea groups is 1. The van der Waals surface area contributed by atoms with E-state index in [9.17, 15) is 26.0 Å². The Balaban J connectivity index is 2.22. The summed E-state index contributed by atoms with van der Waals surface area (Å²) in [4.78, 5) is 13.2. The monoisotopic (exact) mass is 380 g/mol. The van der Waals surface area contributed by atoms with Gasteiger partial charge in [0.1, 0.15) is 5.82 Å². The number of rotatable bonds is 6. The predicted molar refractivity (Wildman–Crippen MR) is 84.5 cm³/mol. The summed E-state index contributed by atoms with van der Waals surface area (Å²) in [6.45, 7) is 2.01. The molecule has 1 aromatic carbocycles. The largest absolute Gasteiger partial charge is 0.337 e. The number of nitrogens with one attached hydrogen (secondary N) is 3. The summed E-state index contributed by atoms with van der Waals surface area (Å²) >= 11 is 0. The van der Waals surface area contributed by atoms with E-state index in [1.54, 1.807) is 0 Å². The van der Waals surface area contributed by atoms with Crippen LogP contribution in [0.5, 0.6) is 0 Å². The van der Waals surface area contributed by atoms with Gasteiger partial charge in [-0.15, -0.1) is 4.83 Å². The molecule has 0 aliphatic carbocycles. The minimum absolute atomic E-state index is 0.182. The number of hydrazine groups is 1. The van der Waals surface area contributed by atoms with Crippen LogP contribution in [0.1, 0.15) is 13.3 Å². The van der Waals surface area contributed by atoms with Crippen molar-refractivity contribution in [1.82, 2.24) is 15.2 Å². The molecule has 0 saturated carbocycles. The van der Waals surface area contributed by atoms with Crippen LogP contribution in [0.4, 0.5) is 14.9 Å². The first-order chi connectivity index (χ1) is 11.1. The lowest BCUT2D eigenvalue weighted by molar-refractivity contribution is 0.176. The predicted octanol–water partition coefficient (Wildman–Crippen LogP) is 0.196. The van der Waals surface area contributed by atoms with E-state index in [-0.39, 0.29) is 18.0 Å². The highest BCUT2D eigenvalue weighted by Gasteiger charge is 2.25. The molecule has 0 bridgehead atoms. The standard InChI is InChI=1S/C12H17FN4O5S2/c1-2-23(19,20)15-11-5-4-9(8-10(11)13)24(21,22)16-17-7-3-6-14-12(17)18/h4-5,8,15-16H,2-3,6-7H2,1H3,(H,14,18). The lowest BCUT2D eigenvalue weighted by Crippen LogP contribution is -2.54. The summed E-state index contributed by atoms with van der Waals surface area (Å²) in [6, 6.07) is 2.13. The number of hydrogen-bond donors (Lipinski definition) is 3. The van der Waals surface area contributed by atoms with E-state index in [4.69, 9.17) is 0 Å².